The molecule has 6 heteroatoms. The molecule has 1 aromatic rings. The molecule has 0 saturated heterocycles. The van der Waals surface area contributed by atoms with Gasteiger partial charge < -0.3 is 25.6 Å². The number of imidazole rings is 1. The van der Waals surface area contributed by atoms with Crippen molar-refractivity contribution in [2.75, 3.05) is 19.7 Å². The van der Waals surface area contributed by atoms with Crippen molar-refractivity contribution in [3.05, 3.63) is 18.7 Å². The molecule has 174 valence electrons. The zero-order valence-electron chi connectivity index (χ0n) is 21.2. The summed E-state index contributed by atoms with van der Waals surface area (Å²) >= 11 is 0. The minimum absolute atomic E-state index is 0.142. The molecule has 0 aliphatic carbocycles. The van der Waals surface area contributed by atoms with Crippen LogP contribution in [0.5, 0.6) is 0 Å². The lowest BCUT2D eigenvalue weighted by atomic mass is 10.1. The Hall–Kier alpha value is -0.950. The van der Waals surface area contributed by atoms with Crippen molar-refractivity contribution in [3.63, 3.8) is 0 Å². The fourth-order valence-electron chi connectivity index (χ4n) is 2.44. The highest BCUT2D eigenvalue weighted by Crippen LogP contribution is 2.00. The number of aliphatic hydroxyl groups excluding tert-OH is 1. The van der Waals surface area contributed by atoms with Crippen LogP contribution in [0.1, 0.15) is 82.6 Å². The maximum absolute atomic E-state index is 8.37. The van der Waals surface area contributed by atoms with Gasteiger partial charge in [0.1, 0.15) is 0 Å². The molecule has 0 saturated carbocycles. The Kier molecular flexibility index (Phi) is 15.6. The van der Waals surface area contributed by atoms with Gasteiger partial charge in [0.05, 0.1) is 12.9 Å². The second-order valence-corrected chi connectivity index (χ2v) is 10.8. The standard InChI is InChI=1S/C10H19N3.C7H17N.C6H15NO/c1-10(2,3)12-5-4-7-13-8-6-11-9-13;1-6(2)8-7(3,4)5;1-6(2,3)7-4-5-8/h6,8-9,12H,4-5,7H2,1-3H3;6,8H,1-5H3;7-8H,4-5H2,1-3H3. The Morgan fingerprint density at radius 2 is 1.38 bits per heavy atom. The van der Waals surface area contributed by atoms with E-state index in [1.165, 1.54) is 0 Å². The molecular weight excluding hydrogens is 362 g/mol. The molecule has 0 atom stereocenters. The van der Waals surface area contributed by atoms with E-state index < -0.39 is 0 Å². The Bertz CT molecular complexity index is 465. The van der Waals surface area contributed by atoms with Gasteiger partial charge in [-0.15, -0.1) is 0 Å². The molecule has 0 spiro atoms. The van der Waals surface area contributed by atoms with E-state index in [0.717, 1.165) is 19.5 Å². The van der Waals surface area contributed by atoms with Crippen LogP contribution in [-0.2, 0) is 6.54 Å². The summed E-state index contributed by atoms with van der Waals surface area (Å²) in [6, 6.07) is 0.593. The van der Waals surface area contributed by atoms with Gasteiger partial charge in [-0.1, -0.05) is 13.8 Å². The van der Waals surface area contributed by atoms with E-state index in [0.29, 0.717) is 12.6 Å². The average Bonchev–Trinajstić information content (AvgIpc) is 3.00. The maximum atomic E-state index is 8.37. The molecule has 0 aliphatic heterocycles. The second-order valence-electron chi connectivity index (χ2n) is 10.8. The van der Waals surface area contributed by atoms with Gasteiger partial charge in [0.2, 0.25) is 0 Å². The number of hydrogen-bond donors (Lipinski definition) is 4. The maximum Gasteiger partial charge on any atom is 0.0945 e. The van der Waals surface area contributed by atoms with Gasteiger partial charge >= 0.3 is 0 Å². The lowest BCUT2D eigenvalue weighted by molar-refractivity contribution is 0.272. The zero-order valence-corrected chi connectivity index (χ0v) is 21.2. The molecule has 0 amide bonds. The van der Waals surface area contributed by atoms with E-state index in [-0.39, 0.29) is 23.2 Å². The van der Waals surface area contributed by atoms with Crippen LogP contribution >= 0.6 is 0 Å². The van der Waals surface area contributed by atoms with E-state index in [1.54, 1.807) is 0 Å². The number of aromatic nitrogens is 2. The molecular formula is C23H51N5O. The molecule has 1 rings (SSSR count). The highest BCUT2D eigenvalue weighted by molar-refractivity contribution is 4.75. The number of β-amino-alcohol motifs (C(OH)–C–C–N with tert-alkyl or cyclic N) is 1. The summed E-state index contributed by atoms with van der Waals surface area (Å²) in [5.41, 5.74) is 0.645. The van der Waals surface area contributed by atoms with Crippen molar-refractivity contribution in [3.8, 4) is 0 Å². The molecule has 29 heavy (non-hydrogen) atoms. The SMILES string of the molecule is CC(C)(C)NCCCn1ccnc1.CC(C)(C)NCCO.CC(C)NC(C)(C)C. The van der Waals surface area contributed by atoms with Gasteiger partial charge in [-0.05, 0) is 75.3 Å². The molecule has 0 aliphatic rings. The Morgan fingerprint density at radius 1 is 0.862 bits per heavy atom. The number of rotatable bonds is 7. The Balaban J connectivity index is 0. The monoisotopic (exact) mass is 413 g/mol. The Labute approximate surface area is 181 Å². The van der Waals surface area contributed by atoms with Gasteiger partial charge in [0.25, 0.3) is 0 Å². The predicted octanol–water partition coefficient (Wildman–Crippen LogP) is 3.81. The van der Waals surface area contributed by atoms with Gasteiger partial charge in [-0.25, -0.2) is 4.98 Å². The van der Waals surface area contributed by atoms with Crippen molar-refractivity contribution in [1.82, 2.24) is 25.5 Å². The predicted molar refractivity (Wildman–Crippen MR) is 127 cm³/mol. The van der Waals surface area contributed by atoms with E-state index in [9.17, 15) is 0 Å². The van der Waals surface area contributed by atoms with Crippen LogP contribution in [0.4, 0.5) is 0 Å². The van der Waals surface area contributed by atoms with Gasteiger partial charge in [-0.3, -0.25) is 0 Å². The third-order valence-electron chi connectivity index (χ3n) is 3.30. The molecule has 6 nitrogen and oxygen atoms in total. The number of hydrogen-bond acceptors (Lipinski definition) is 5. The topological polar surface area (TPSA) is 74.1 Å². The molecule has 0 unspecified atom stereocenters. The van der Waals surface area contributed by atoms with Crippen LogP contribution in [0.15, 0.2) is 18.7 Å². The summed E-state index contributed by atoms with van der Waals surface area (Å²) in [4.78, 5) is 3.99. The number of aryl methyl sites for hydroxylation is 1. The summed E-state index contributed by atoms with van der Waals surface area (Å²) in [5, 5.41) is 18.3. The highest BCUT2D eigenvalue weighted by Gasteiger charge is 2.09. The van der Waals surface area contributed by atoms with E-state index in [1.807, 2.05) is 18.7 Å². The van der Waals surface area contributed by atoms with Crippen LogP contribution in [0.3, 0.4) is 0 Å². The number of nitrogens with one attached hydrogen (secondary N) is 3. The smallest absolute Gasteiger partial charge is 0.0945 e. The largest absolute Gasteiger partial charge is 0.395 e. The fourth-order valence-corrected chi connectivity index (χ4v) is 2.44. The van der Waals surface area contributed by atoms with Gasteiger partial charge in [0.15, 0.2) is 0 Å². The Morgan fingerprint density at radius 3 is 1.66 bits per heavy atom. The van der Waals surface area contributed by atoms with Crippen LogP contribution in [0.2, 0.25) is 0 Å². The molecule has 1 aromatic heterocycles. The lowest BCUT2D eigenvalue weighted by Crippen LogP contribution is -2.40. The summed E-state index contributed by atoms with van der Waals surface area (Å²) < 4.78 is 2.10. The summed E-state index contributed by atoms with van der Waals surface area (Å²) in [5.74, 6) is 0. The summed E-state index contributed by atoms with van der Waals surface area (Å²) in [6.07, 6.45) is 6.82. The van der Waals surface area contributed by atoms with Crippen molar-refractivity contribution < 1.29 is 5.11 Å². The second kappa shape index (κ2) is 14.9. The molecule has 0 radical (unpaired) electrons. The van der Waals surface area contributed by atoms with Gasteiger partial charge in [-0.2, -0.15) is 0 Å². The van der Waals surface area contributed by atoms with Crippen LogP contribution < -0.4 is 16.0 Å². The summed E-state index contributed by atoms with van der Waals surface area (Å²) in [6.45, 7) is 26.6. The van der Waals surface area contributed by atoms with Crippen molar-refractivity contribution in [2.45, 2.75) is 112 Å². The van der Waals surface area contributed by atoms with Gasteiger partial charge in [0, 0.05) is 48.1 Å². The minimum atomic E-state index is 0.142. The average molecular weight is 414 g/mol. The minimum Gasteiger partial charge on any atom is -0.395 e. The third kappa shape index (κ3) is 29.3. The van der Waals surface area contributed by atoms with Crippen molar-refractivity contribution in [2.24, 2.45) is 0 Å². The van der Waals surface area contributed by atoms with Crippen LogP contribution in [0.25, 0.3) is 0 Å². The summed E-state index contributed by atoms with van der Waals surface area (Å²) in [7, 11) is 0. The third-order valence-corrected chi connectivity index (χ3v) is 3.30. The van der Waals surface area contributed by atoms with Crippen molar-refractivity contribution >= 4 is 0 Å². The zero-order chi connectivity index (χ0) is 23.1. The molecule has 0 fully saturated rings. The van der Waals surface area contributed by atoms with Crippen LogP contribution in [0, 0.1) is 0 Å². The van der Waals surface area contributed by atoms with E-state index >= 15 is 0 Å². The molecule has 1 heterocycles. The normalized spacial score (nSPS) is 12.2. The molecule has 4 N–H and O–H groups in total. The first kappa shape index (κ1) is 30.2. The fraction of sp³-hybridized carbons (Fsp3) is 0.870. The van der Waals surface area contributed by atoms with E-state index in [4.69, 9.17) is 5.11 Å². The number of aliphatic hydroxyl groups is 1. The first-order chi connectivity index (χ1) is 13.1. The number of nitrogens with zero attached hydrogens (tertiary/aromatic N) is 2. The first-order valence-electron chi connectivity index (χ1n) is 10.9. The molecule has 0 aromatic carbocycles. The highest BCUT2D eigenvalue weighted by atomic mass is 16.3. The van der Waals surface area contributed by atoms with E-state index in [2.05, 4.69) is 102 Å². The quantitative estimate of drug-likeness (QED) is 0.512. The lowest BCUT2D eigenvalue weighted by Gasteiger charge is -2.23. The van der Waals surface area contributed by atoms with Crippen LogP contribution in [-0.4, -0.2) is 57.0 Å². The first-order valence-corrected chi connectivity index (χ1v) is 10.9. The van der Waals surface area contributed by atoms with Crippen molar-refractivity contribution in [1.29, 1.82) is 0 Å². The molecule has 0 bridgehead atoms.